The summed E-state index contributed by atoms with van der Waals surface area (Å²) >= 11 is 20.6. The molecule has 1 nitrogen and oxygen atoms in total. The van der Waals surface area contributed by atoms with Crippen LogP contribution >= 0.6 is 18.1 Å². The molecule has 1 heterocycles. The van der Waals surface area contributed by atoms with Crippen LogP contribution in [0.2, 0.25) is 0 Å². The molecule has 10 rings (SSSR count). The van der Waals surface area contributed by atoms with Crippen LogP contribution < -0.4 is 47.7 Å². The Morgan fingerprint density at radius 2 is 0.475 bits per heavy atom. The van der Waals surface area contributed by atoms with Gasteiger partial charge < -0.3 is 4.57 Å². The molecule has 61 heavy (non-hydrogen) atoms. The van der Waals surface area contributed by atoms with Gasteiger partial charge in [-0.25, -0.2) is 0 Å². The lowest BCUT2D eigenvalue weighted by molar-refractivity contribution is 1.18. The first-order chi connectivity index (χ1) is 29.9. The van der Waals surface area contributed by atoms with Gasteiger partial charge in [0.15, 0.2) is 0 Å². The Morgan fingerprint density at radius 3 is 0.754 bits per heavy atom. The minimum atomic E-state index is -2.44. The molecule has 294 valence electrons. The molecular weight excluding hydrogens is 852 g/mol. The third-order valence-corrected chi connectivity index (χ3v) is 26.5. The number of nitrogens with zero attached hydrogens (tertiary/aromatic N) is 1. The zero-order valence-electron chi connectivity index (χ0n) is 33.1. The molecule has 0 unspecified atom stereocenters. The molecule has 0 radical (unpaired) electrons. The highest BCUT2D eigenvalue weighted by Crippen LogP contribution is 2.47. The molecule has 0 aliphatic rings. The highest BCUT2D eigenvalue weighted by atomic mass is 32.4. The van der Waals surface area contributed by atoms with Crippen molar-refractivity contribution in [3.05, 3.63) is 243 Å². The number of fused-ring (bicyclic) bond motifs is 3. The highest BCUT2D eigenvalue weighted by Gasteiger charge is 2.29. The molecule has 0 saturated heterocycles. The summed E-state index contributed by atoms with van der Waals surface area (Å²) in [7, 11) is 0. The van der Waals surface area contributed by atoms with Crippen LogP contribution in [-0.4, -0.2) is 4.57 Å². The second-order valence-corrected chi connectivity index (χ2v) is 28.3. The third-order valence-electron chi connectivity index (χ3n) is 11.6. The standard InChI is InChI=1S/C54H40NP3S3/c59-56(42-19-7-1-8-20-42,43-21-9-2-10-22-43)48-33-31-41(32-34-48)55-53-37-35-49(57(60,44-23-11-3-12-24-44)45-25-13-4-14-26-45)39-51(53)52-40-50(36-38-54(52)55)58(61,46-27-15-5-16-28-46)47-29-17-6-18-30-47/h1-40H. The molecule has 0 aliphatic heterocycles. The molecule has 7 heteroatoms. The Morgan fingerprint density at radius 1 is 0.246 bits per heavy atom. The summed E-state index contributed by atoms with van der Waals surface area (Å²) in [5, 5.41) is 12.8. The minimum absolute atomic E-state index is 1.07. The van der Waals surface area contributed by atoms with Gasteiger partial charge in [0.05, 0.1) is 11.0 Å². The van der Waals surface area contributed by atoms with Crippen molar-refractivity contribution in [3.8, 4) is 5.69 Å². The number of hydrogen-bond acceptors (Lipinski definition) is 3. The van der Waals surface area contributed by atoms with E-state index >= 15 is 0 Å². The Kier molecular flexibility index (Phi) is 10.8. The molecule has 0 aliphatic carbocycles. The first-order valence-corrected chi connectivity index (χ1v) is 28.6. The van der Waals surface area contributed by atoms with Crippen molar-refractivity contribution in [2.75, 3.05) is 0 Å². The van der Waals surface area contributed by atoms with E-state index in [9.17, 15) is 0 Å². The SMILES string of the molecule is S=P(c1ccccc1)(c1ccccc1)c1ccc(-n2c3ccc(P(=S)(c4ccccc4)c4ccccc4)cc3c3cc(P(=S)(c4ccccc4)c4ccccc4)ccc32)cc1. The van der Waals surface area contributed by atoms with Crippen LogP contribution in [-0.2, 0) is 35.4 Å². The average Bonchev–Trinajstić information content (AvgIpc) is 3.68. The fourth-order valence-corrected chi connectivity index (χ4v) is 19.9. The average molecular weight is 892 g/mol. The first kappa shape index (κ1) is 39.8. The van der Waals surface area contributed by atoms with Gasteiger partial charge in [-0.2, -0.15) is 0 Å². The predicted molar refractivity (Wildman–Crippen MR) is 279 cm³/mol. The third kappa shape index (κ3) is 6.88. The van der Waals surface area contributed by atoms with Crippen molar-refractivity contribution in [3.63, 3.8) is 0 Å². The molecule has 0 amide bonds. The predicted octanol–water partition coefficient (Wildman–Crippen LogP) is 10.1. The minimum Gasteiger partial charge on any atom is -0.309 e. The van der Waals surface area contributed by atoms with E-state index in [0.29, 0.717) is 0 Å². The van der Waals surface area contributed by atoms with Gasteiger partial charge in [-0.1, -0.05) is 242 Å². The second kappa shape index (κ2) is 16.5. The van der Waals surface area contributed by atoms with E-state index in [0.717, 1.165) is 43.4 Å². The Hall–Kier alpha value is -5.27. The maximum atomic E-state index is 6.92. The van der Waals surface area contributed by atoms with Gasteiger partial charge in [-0.3, -0.25) is 0 Å². The van der Waals surface area contributed by atoms with Crippen LogP contribution in [0.5, 0.6) is 0 Å². The monoisotopic (exact) mass is 891 g/mol. The topological polar surface area (TPSA) is 4.93 Å². The summed E-state index contributed by atoms with van der Waals surface area (Å²) in [6.45, 7) is 0. The summed E-state index contributed by atoms with van der Waals surface area (Å²) in [5.41, 5.74) is 3.30. The van der Waals surface area contributed by atoms with Crippen LogP contribution in [0.1, 0.15) is 0 Å². The summed E-state index contributed by atoms with van der Waals surface area (Å²) < 4.78 is 2.40. The van der Waals surface area contributed by atoms with Gasteiger partial charge in [0.25, 0.3) is 0 Å². The quantitative estimate of drug-likeness (QED) is 0.126. The van der Waals surface area contributed by atoms with E-state index in [1.54, 1.807) is 0 Å². The number of benzene rings is 9. The summed E-state index contributed by atoms with van der Waals surface area (Å²) in [6, 6.07) is 79.6. The largest absolute Gasteiger partial charge is 0.309 e. The van der Waals surface area contributed by atoms with E-state index in [1.807, 2.05) is 0 Å². The van der Waals surface area contributed by atoms with Crippen LogP contribution in [0.25, 0.3) is 27.5 Å². The highest BCUT2D eigenvalue weighted by molar-refractivity contribution is 8.26. The van der Waals surface area contributed by atoms with Crippen LogP contribution in [0.4, 0.5) is 0 Å². The lowest BCUT2D eigenvalue weighted by Gasteiger charge is -2.24. The first-order valence-electron chi connectivity index (χ1n) is 20.2. The number of aromatic nitrogens is 1. The maximum Gasteiger partial charge on any atom is 0.0541 e. The van der Waals surface area contributed by atoms with Crippen molar-refractivity contribution in [2.24, 2.45) is 0 Å². The van der Waals surface area contributed by atoms with Crippen molar-refractivity contribution >= 4 is 123 Å². The zero-order chi connectivity index (χ0) is 41.4. The smallest absolute Gasteiger partial charge is 0.0541 e. The molecule has 0 spiro atoms. The summed E-state index contributed by atoms with van der Waals surface area (Å²) in [4.78, 5) is 0. The van der Waals surface area contributed by atoms with Gasteiger partial charge >= 0.3 is 0 Å². The van der Waals surface area contributed by atoms with Crippen LogP contribution in [0.3, 0.4) is 0 Å². The Bertz CT molecular complexity index is 3020. The molecule has 0 atom stereocenters. The molecule has 9 aromatic carbocycles. The van der Waals surface area contributed by atoms with E-state index in [-0.39, 0.29) is 0 Å². The number of hydrogen-bond donors (Lipinski definition) is 0. The molecular formula is C54H40NP3S3. The fraction of sp³-hybridized carbons (Fsp3) is 0. The Labute approximate surface area is 373 Å². The van der Waals surface area contributed by atoms with Crippen LogP contribution in [0, 0.1) is 0 Å². The Balaban J connectivity index is 1.22. The van der Waals surface area contributed by atoms with Crippen molar-refractivity contribution in [1.82, 2.24) is 4.57 Å². The van der Waals surface area contributed by atoms with Crippen molar-refractivity contribution < 1.29 is 0 Å². The lowest BCUT2D eigenvalue weighted by atomic mass is 10.1. The summed E-state index contributed by atoms with van der Waals surface area (Å²) in [5.74, 6) is 0. The lowest BCUT2D eigenvalue weighted by Crippen LogP contribution is -2.25. The molecule has 0 fully saturated rings. The van der Waals surface area contributed by atoms with Crippen molar-refractivity contribution in [1.29, 1.82) is 0 Å². The molecule has 0 N–H and O–H groups in total. The molecule has 0 bridgehead atoms. The normalized spacial score (nSPS) is 12.1. The fourth-order valence-electron chi connectivity index (χ4n) is 8.65. The van der Waals surface area contributed by atoms with E-state index in [2.05, 4.69) is 247 Å². The van der Waals surface area contributed by atoms with Crippen LogP contribution in [0.15, 0.2) is 243 Å². The number of rotatable bonds is 10. The van der Waals surface area contributed by atoms with Gasteiger partial charge in [-0.15, -0.1) is 0 Å². The van der Waals surface area contributed by atoms with Gasteiger partial charge in [0, 0.05) is 34.6 Å². The van der Waals surface area contributed by atoms with E-state index in [1.165, 1.54) is 31.8 Å². The second-order valence-electron chi connectivity index (χ2n) is 15.1. The van der Waals surface area contributed by atoms with Gasteiger partial charge in [-0.05, 0) is 84.1 Å². The van der Waals surface area contributed by atoms with Crippen molar-refractivity contribution in [2.45, 2.75) is 0 Å². The van der Waals surface area contributed by atoms with E-state index < -0.39 is 18.1 Å². The zero-order valence-corrected chi connectivity index (χ0v) is 38.2. The van der Waals surface area contributed by atoms with Gasteiger partial charge in [0.1, 0.15) is 0 Å². The van der Waals surface area contributed by atoms with E-state index in [4.69, 9.17) is 35.4 Å². The maximum absolute atomic E-state index is 6.92. The van der Waals surface area contributed by atoms with Gasteiger partial charge in [0.2, 0.25) is 0 Å². The summed E-state index contributed by atoms with van der Waals surface area (Å²) in [6.07, 6.45) is 0. The molecule has 1 aromatic heterocycles. The molecule has 0 saturated carbocycles. The molecule has 10 aromatic rings.